The van der Waals surface area contributed by atoms with Crippen LogP contribution in [0.2, 0.25) is 0 Å². The van der Waals surface area contributed by atoms with E-state index in [-0.39, 0.29) is 6.61 Å². The van der Waals surface area contributed by atoms with E-state index in [4.69, 9.17) is 9.47 Å². The normalized spacial score (nSPS) is 36.0. The predicted molar refractivity (Wildman–Crippen MR) is 50.1 cm³/mol. The largest absolute Gasteiger partial charge is 0.388 e. The first-order valence-corrected chi connectivity index (χ1v) is 4.59. The van der Waals surface area contributed by atoms with Gasteiger partial charge in [0.05, 0.1) is 12.6 Å². The molecular weight excluding hydrogens is 204 g/mol. The molecule has 0 unspecified atom stereocenters. The third-order valence-electron chi connectivity index (χ3n) is 2.25. The van der Waals surface area contributed by atoms with E-state index in [1.54, 1.807) is 0 Å². The topological polar surface area (TPSA) is 100 Å². The Balaban J connectivity index is 2.61. The molecule has 0 saturated carbocycles. The summed E-state index contributed by atoms with van der Waals surface area (Å²) in [5.41, 5.74) is 0. The minimum atomic E-state index is -1.10. The van der Waals surface area contributed by atoms with E-state index in [1.807, 2.05) is 0 Å². The monoisotopic (exact) mass is 220 g/mol. The lowest BCUT2D eigenvalue weighted by Gasteiger charge is -2.37. The summed E-state index contributed by atoms with van der Waals surface area (Å²) in [4.78, 5) is 11.0. The Kier molecular flexibility index (Phi) is 4.28. The SMILES string of the molecule is CNC(=O)N[C@H]1[C@@H](O)[C@@H](OC)OC[C@H]1O. The van der Waals surface area contributed by atoms with Crippen molar-refractivity contribution in [3.05, 3.63) is 0 Å². The van der Waals surface area contributed by atoms with E-state index in [0.717, 1.165) is 0 Å². The number of amides is 2. The molecular formula is C8H16N2O5. The highest BCUT2D eigenvalue weighted by Gasteiger charge is 2.39. The fraction of sp³-hybridized carbons (Fsp3) is 0.875. The van der Waals surface area contributed by atoms with Gasteiger partial charge >= 0.3 is 6.03 Å². The van der Waals surface area contributed by atoms with Gasteiger partial charge in [-0.05, 0) is 0 Å². The van der Waals surface area contributed by atoms with Gasteiger partial charge in [-0.25, -0.2) is 4.79 Å². The second kappa shape index (κ2) is 5.26. The Bertz CT molecular complexity index is 225. The first kappa shape index (κ1) is 12.2. The Morgan fingerprint density at radius 2 is 2.20 bits per heavy atom. The van der Waals surface area contributed by atoms with Gasteiger partial charge in [0.25, 0.3) is 0 Å². The molecule has 0 spiro atoms. The van der Waals surface area contributed by atoms with Crippen LogP contribution in [-0.2, 0) is 9.47 Å². The van der Waals surface area contributed by atoms with Gasteiger partial charge in [0, 0.05) is 14.2 Å². The molecule has 2 amide bonds. The van der Waals surface area contributed by atoms with Gasteiger partial charge in [-0.1, -0.05) is 0 Å². The van der Waals surface area contributed by atoms with Crippen molar-refractivity contribution in [2.75, 3.05) is 20.8 Å². The van der Waals surface area contributed by atoms with Crippen molar-refractivity contribution < 1.29 is 24.5 Å². The maximum Gasteiger partial charge on any atom is 0.314 e. The number of hydrogen-bond donors (Lipinski definition) is 4. The number of hydrogen-bond acceptors (Lipinski definition) is 5. The maximum atomic E-state index is 11.0. The average Bonchev–Trinajstić information content (AvgIpc) is 2.24. The third-order valence-corrected chi connectivity index (χ3v) is 2.25. The summed E-state index contributed by atoms with van der Waals surface area (Å²) in [5, 5.41) is 24.0. The number of aliphatic hydroxyl groups excluding tert-OH is 2. The number of carbonyl (C=O) groups excluding carboxylic acids is 1. The Morgan fingerprint density at radius 1 is 1.53 bits per heavy atom. The highest BCUT2D eigenvalue weighted by molar-refractivity contribution is 5.74. The van der Waals surface area contributed by atoms with Gasteiger partial charge in [0.15, 0.2) is 6.29 Å². The van der Waals surface area contributed by atoms with Crippen molar-refractivity contribution in [1.29, 1.82) is 0 Å². The van der Waals surface area contributed by atoms with Gasteiger partial charge in [0.2, 0.25) is 0 Å². The molecule has 0 aromatic heterocycles. The molecule has 0 radical (unpaired) electrons. The maximum absolute atomic E-state index is 11.0. The summed E-state index contributed by atoms with van der Waals surface area (Å²) in [6.45, 7) is 0.00419. The summed E-state index contributed by atoms with van der Waals surface area (Å²) in [5.74, 6) is 0. The lowest BCUT2D eigenvalue weighted by Crippen LogP contribution is -2.61. The zero-order valence-electron chi connectivity index (χ0n) is 8.64. The Morgan fingerprint density at radius 3 is 2.73 bits per heavy atom. The van der Waals surface area contributed by atoms with Gasteiger partial charge in [-0.3, -0.25) is 0 Å². The average molecular weight is 220 g/mol. The Hall–Kier alpha value is -0.890. The molecule has 1 saturated heterocycles. The summed E-state index contributed by atoms with van der Waals surface area (Å²) in [6.07, 6.45) is -2.89. The number of ether oxygens (including phenoxy) is 2. The van der Waals surface area contributed by atoms with Crippen molar-refractivity contribution in [3.63, 3.8) is 0 Å². The molecule has 1 rings (SSSR count). The molecule has 4 atom stereocenters. The standard InChI is InChI=1S/C8H16N2O5/c1-9-8(13)10-5-4(11)3-15-7(14-2)6(5)12/h4-7,11-12H,3H2,1-2H3,(H2,9,10,13)/t4-,5-,6-,7+/m1/s1. The minimum Gasteiger partial charge on any atom is -0.388 e. The second-order valence-electron chi connectivity index (χ2n) is 3.24. The smallest absolute Gasteiger partial charge is 0.314 e. The van der Waals surface area contributed by atoms with Gasteiger partial charge < -0.3 is 30.3 Å². The number of nitrogens with one attached hydrogen (secondary N) is 2. The molecule has 0 aliphatic carbocycles. The van der Waals surface area contributed by atoms with Crippen molar-refractivity contribution in [2.45, 2.75) is 24.5 Å². The van der Waals surface area contributed by atoms with Crippen molar-refractivity contribution in [1.82, 2.24) is 10.6 Å². The molecule has 88 valence electrons. The van der Waals surface area contributed by atoms with Crippen molar-refractivity contribution >= 4 is 6.03 Å². The highest BCUT2D eigenvalue weighted by Crippen LogP contribution is 2.15. The first-order valence-electron chi connectivity index (χ1n) is 4.59. The van der Waals surface area contributed by atoms with Crippen LogP contribution in [0.3, 0.4) is 0 Å². The van der Waals surface area contributed by atoms with Crippen LogP contribution in [0.1, 0.15) is 0 Å². The summed E-state index contributed by atoms with van der Waals surface area (Å²) in [7, 11) is 2.82. The van der Waals surface area contributed by atoms with Crippen molar-refractivity contribution in [2.24, 2.45) is 0 Å². The number of carbonyl (C=O) groups is 1. The first-order chi connectivity index (χ1) is 7.10. The zero-order valence-corrected chi connectivity index (χ0v) is 8.64. The number of methoxy groups -OCH3 is 1. The van der Waals surface area contributed by atoms with Crippen LogP contribution >= 0.6 is 0 Å². The van der Waals surface area contributed by atoms with Crippen LogP contribution in [-0.4, -0.2) is 61.5 Å². The summed E-state index contributed by atoms with van der Waals surface area (Å²) >= 11 is 0. The zero-order chi connectivity index (χ0) is 11.4. The fourth-order valence-electron chi connectivity index (χ4n) is 1.41. The minimum absolute atomic E-state index is 0.00419. The van der Waals surface area contributed by atoms with Crippen LogP contribution in [0, 0.1) is 0 Å². The van der Waals surface area contributed by atoms with Crippen LogP contribution in [0.4, 0.5) is 4.79 Å². The number of aliphatic hydroxyl groups is 2. The van der Waals surface area contributed by atoms with Gasteiger partial charge in [-0.2, -0.15) is 0 Å². The molecule has 7 nitrogen and oxygen atoms in total. The molecule has 7 heteroatoms. The molecule has 15 heavy (non-hydrogen) atoms. The van der Waals surface area contributed by atoms with E-state index < -0.39 is 30.6 Å². The molecule has 0 aromatic rings. The molecule has 0 aromatic carbocycles. The number of urea groups is 1. The molecule has 0 bridgehead atoms. The molecule has 1 aliphatic rings. The lowest BCUT2D eigenvalue weighted by molar-refractivity contribution is -0.234. The van der Waals surface area contributed by atoms with Crippen LogP contribution in [0.5, 0.6) is 0 Å². The second-order valence-corrected chi connectivity index (χ2v) is 3.24. The van der Waals surface area contributed by atoms with E-state index in [1.165, 1.54) is 14.2 Å². The van der Waals surface area contributed by atoms with Crippen LogP contribution in [0.25, 0.3) is 0 Å². The predicted octanol–water partition coefficient (Wildman–Crippen LogP) is -1.99. The van der Waals surface area contributed by atoms with E-state index >= 15 is 0 Å². The molecule has 1 heterocycles. The van der Waals surface area contributed by atoms with Crippen LogP contribution < -0.4 is 10.6 Å². The van der Waals surface area contributed by atoms with E-state index in [2.05, 4.69) is 10.6 Å². The lowest BCUT2D eigenvalue weighted by atomic mass is 10.0. The number of rotatable bonds is 2. The molecule has 4 N–H and O–H groups in total. The van der Waals surface area contributed by atoms with Gasteiger partial charge in [-0.15, -0.1) is 0 Å². The summed E-state index contributed by atoms with van der Waals surface area (Å²) in [6, 6.07) is -1.28. The molecule has 1 fully saturated rings. The van der Waals surface area contributed by atoms with E-state index in [0.29, 0.717) is 0 Å². The Labute approximate surface area is 87.4 Å². The van der Waals surface area contributed by atoms with Crippen molar-refractivity contribution in [3.8, 4) is 0 Å². The third kappa shape index (κ3) is 2.78. The van der Waals surface area contributed by atoms with Crippen LogP contribution in [0.15, 0.2) is 0 Å². The molecule has 1 aliphatic heterocycles. The van der Waals surface area contributed by atoms with Gasteiger partial charge in [0.1, 0.15) is 12.2 Å². The quantitative estimate of drug-likeness (QED) is 0.431. The van der Waals surface area contributed by atoms with E-state index in [9.17, 15) is 15.0 Å². The summed E-state index contributed by atoms with van der Waals surface area (Å²) < 4.78 is 9.85. The highest BCUT2D eigenvalue weighted by atomic mass is 16.7. The fourth-order valence-corrected chi connectivity index (χ4v) is 1.41.